The predicted octanol–water partition coefficient (Wildman–Crippen LogP) is 3.90. The van der Waals surface area contributed by atoms with E-state index in [1.807, 2.05) is 22.6 Å². The summed E-state index contributed by atoms with van der Waals surface area (Å²) in [6.45, 7) is 0. The Labute approximate surface area is 133 Å². The molecule has 0 saturated carbocycles. The fourth-order valence-corrected chi connectivity index (χ4v) is 2.65. The zero-order valence-corrected chi connectivity index (χ0v) is 13.0. The van der Waals surface area contributed by atoms with Crippen molar-refractivity contribution in [2.24, 2.45) is 0 Å². The average Bonchev–Trinajstić information content (AvgIpc) is 2.41. The molecule has 2 aromatic rings. The van der Waals surface area contributed by atoms with Crippen LogP contribution in [0.5, 0.6) is 0 Å². The van der Waals surface area contributed by atoms with Gasteiger partial charge in [-0.3, -0.25) is 4.79 Å². The lowest BCUT2D eigenvalue weighted by Gasteiger charge is -2.09. The van der Waals surface area contributed by atoms with Gasteiger partial charge in [0.1, 0.15) is 0 Å². The second kappa shape index (κ2) is 6.23. The van der Waals surface area contributed by atoms with Crippen molar-refractivity contribution in [3.05, 3.63) is 62.2 Å². The molecule has 1 amide bonds. The second-order valence-electron chi connectivity index (χ2n) is 3.93. The van der Waals surface area contributed by atoms with Crippen molar-refractivity contribution in [2.45, 2.75) is 0 Å². The molecule has 0 heterocycles. The zero-order valence-electron chi connectivity index (χ0n) is 10.1. The zero-order chi connectivity index (χ0) is 14.7. The van der Waals surface area contributed by atoms with Crippen LogP contribution >= 0.6 is 34.2 Å². The highest BCUT2D eigenvalue weighted by molar-refractivity contribution is 14.1. The molecular formula is C14H9ClINO3. The lowest BCUT2D eigenvalue weighted by molar-refractivity contribution is 0.0692. The van der Waals surface area contributed by atoms with Gasteiger partial charge in [0.2, 0.25) is 0 Å². The number of anilines is 1. The van der Waals surface area contributed by atoms with Gasteiger partial charge in [-0.05, 0) is 52.9 Å². The van der Waals surface area contributed by atoms with E-state index in [1.54, 1.807) is 30.3 Å². The largest absolute Gasteiger partial charge is 0.478 e. The number of carboxylic acid groups (broad SMARTS) is 1. The van der Waals surface area contributed by atoms with Crippen LogP contribution in [-0.4, -0.2) is 17.0 Å². The molecule has 2 N–H and O–H groups in total. The van der Waals surface area contributed by atoms with Gasteiger partial charge in [0.25, 0.3) is 5.91 Å². The van der Waals surface area contributed by atoms with E-state index in [9.17, 15) is 9.59 Å². The number of carboxylic acids is 1. The first kappa shape index (κ1) is 14.8. The number of hydrogen-bond donors (Lipinski definition) is 2. The number of aromatic carboxylic acids is 1. The molecule has 0 unspecified atom stereocenters. The molecule has 0 atom stereocenters. The Bertz CT molecular complexity index is 688. The molecule has 6 heteroatoms. The molecular weight excluding hydrogens is 393 g/mol. The SMILES string of the molecule is O=C(O)c1ccccc1C(=O)Nc1ccc(Cl)cc1I. The van der Waals surface area contributed by atoms with E-state index < -0.39 is 11.9 Å². The number of halogens is 2. The minimum Gasteiger partial charge on any atom is -0.478 e. The molecule has 0 aliphatic heterocycles. The molecule has 2 rings (SSSR count). The number of amides is 1. The predicted molar refractivity (Wildman–Crippen MR) is 85.5 cm³/mol. The summed E-state index contributed by atoms with van der Waals surface area (Å²) in [5.74, 6) is -1.61. The molecule has 0 aliphatic rings. The summed E-state index contributed by atoms with van der Waals surface area (Å²) in [7, 11) is 0. The fraction of sp³-hybridized carbons (Fsp3) is 0. The standard InChI is InChI=1S/C14H9ClINO3/c15-8-5-6-12(11(16)7-8)17-13(18)9-3-1-2-4-10(9)14(19)20/h1-7H,(H,17,18)(H,19,20). The van der Waals surface area contributed by atoms with E-state index in [0.717, 1.165) is 3.57 Å². The van der Waals surface area contributed by atoms with Gasteiger partial charge in [-0.2, -0.15) is 0 Å². The van der Waals surface area contributed by atoms with Crippen LogP contribution in [0.1, 0.15) is 20.7 Å². The Morgan fingerprint density at radius 1 is 1.10 bits per heavy atom. The third kappa shape index (κ3) is 3.29. The minimum absolute atomic E-state index is 0.0334. The number of hydrogen-bond acceptors (Lipinski definition) is 2. The van der Waals surface area contributed by atoms with Gasteiger partial charge in [0, 0.05) is 8.59 Å². The molecule has 4 nitrogen and oxygen atoms in total. The molecule has 0 aliphatic carbocycles. The highest BCUT2D eigenvalue weighted by Gasteiger charge is 2.16. The molecule has 0 saturated heterocycles. The van der Waals surface area contributed by atoms with Crippen LogP contribution in [0.4, 0.5) is 5.69 Å². The van der Waals surface area contributed by atoms with Gasteiger partial charge in [0.15, 0.2) is 0 Å². The normalized spacial score (nSPS) is 10.1. The number of benzene rings is 2. The molecule has 0 radical (unpaired) electrons. The molecule has 20 heavy (non-hydrogen) atoms. The van der Waals surface area contributed by atoms with Gasteiger partial charge in [-0.25, -0.2) is 4.79 Å². The van der Waals surface area contributed by atoms with Crippen LogP contribution in [0, 0.1) is 3.57 Å². The molecule has 0 spiro atoms. The van der Waals surface area contributed by atoms with E-state index in [4.69, 9.17) is 16.7 Å². The van der Waals surface area contributed by atoms with Crippen molar-refractivity contribution in [3.8, 4) is 0 Å². The van der Waals surface area contributed by atoms with Crippen molar-refractivity contribution in [1.82, 2.24) is 0 Å². The van der Waals surface area contributed by atoms with Crippen molar-refractivity contribution >= 4 is 51.8 Å². The first-order chi connectivity index (χ1) is 9.49. The van der Waals surface area contributed by atoms with Crippen LogP contribution in [0.2, 0.25) is 5.02 Å². The van der Waals surface area contributed by atoms with Gasteiger partial charge in [-0.15, -0.1) is 0 Å². The van der Waals surface area contributed by atoms with Crippen molar-refractivity contribution in [2.75, 3.05) is 5.32 Å². The van der Waals surface area contributed by atoms with Crippen molar-refractivity contribution in [1.29, 1.82) is 0 Å². The van der Waals surface area contributed by atoms with Crippen LogP contribution in [0.15, 0.2) is 42.5 Å². The lowest BCUT2D eigenvalue weighted by Crippen LogP contribution is -2.16. The molecule has 0 bridgehead atoms. The summed E-state index contributed by atoms with van der Waals surface area (Å²) >= 11 is 7.89. The minimum atomic E-state index is -1.14. The Hall–Kier alpha value is -1.60. The summed E-state index contributed by atoms with van der Waals surface area (Å²) in [6, 6.07) is 11.1. The van der Waals surface area contributed by atoms with Crippen LogP contribution in [0.25, 0.3) is 0 Å². The van der Waals surface area contributed by atoms with E-state index in [1.165, 1.54) is 12.1 Å². The third-order valence-corrected chi connectivity index (χ3v) is 3.71. The maximum Gasteiger partial charge on any atom is 0.336 e. The van der Waals surface area contributed by atoms with E-state index in [0.29, 0.717) is 10.7 Å². The van der Waals surface area contributed by atoms with Gasteiger partial charge < -0.3 is 10.4 Å². The monoisotopic (exact) mass is 401 g/mol. The summed E-state index contributed by atoms with van der Waals surface area (Å²) < 4.78 is 0.774. The van der Waals surface area contributed by atoms with Crippen LogP contribution < -0.4 is 5.32 Å². The summed E-state index contributed by atoms with van der Waals surface area (Å²) in [5, 5.41) is 12.3. The summed E-state index contributed by atoms with van der Waals surface area (Å²) in [6.07, 6.45) is 0. The number of nitrogens with one attached hydrogen (secondary N) is 1. The van der Waals surface area contributed by atoms with Gasteiger partial charge in [0.05, 0.1) is 16.8 Å². The van der Waals surface area contributed by atoms with E-state index >= 15 is 0 Å². The number of carbonyl (C=O) groups excluding carboxylic acids is 1. The molecule has 0 aromatic heterocycles. The highest BCUT2D eigenvalue weighted by atomic mass is 127. The maximum absolute atomic E-state index is 12.2. The Balaban J connectivity index is 2.31. The lowest BCUT2D eigenvalue weighted by atomic mass is 10.1. The molecule has 102 valence electrons. The second-order valence-corrected chi connectivity index (χ2v) is 5.53. The molecule has 0 fully saturated rings. The smallest absolute Gasteiger partial charge is 0.336 e. The summed E-state index contributed by atoms with van der Waals surface area (Å²) in [5.41, 5.74) is 0.667. The number of rotatable bonds is 3. The van der Waals surface area contributed by atoms with Gasteiger partial charge >= 0.3 is 5.97 Å². The Kier molecular flexibility index (Phi) is 4.61. The topological polar surface area (TPSA) is 66.4 Å². The number of carbonyl (C=O) groups is 2. The van der Waals surface area contributed by atoms with E-state index in [2.05, 4.69) is 5.32 Å². The summed E-state index contributed by atoms with van der Waals surface area (Å²) in [4.78, 5) is 23.3. The van der Waals surface area contributed by atoms with E-state index in [-0.39, 0.29) is 11.1 Å². The highest BCUT2D eigenvalue weighted by Crippen LogP contribution is 2.23. The van der Waals surface area contributed by atoms with Crippen molar-refractivity contribution < 1.29 is 14.7 Å². The maximum atomic E-state index is 12.2. The van der Waals surface area contributed by atoms with Gasteiger partial charge in [-0.1, -0.05) is 23.7 Å². The Morgan fingerprint density at radius 3 is 2.35 bits per heavy atom. The Morgan fingerprint density at radius 2 is 1.75 bits per heavy atom. The first-order valence-corrected chi connectivity index (χ1v) is 7.03. The fourth-order valence-electron chi connectivity index (χ4n) is 1.65. The van der Waals surface area contributed by atoms with Crippen molar-refractivity contribution in [3.63, 3.8) is 0 Å². The first-order valence-electron chi connectivity index (χ1n) is 5.58. The van der Waals surface area contributed by atoms with Crippen LogP contribution in [0.3, 0.4) is 0 Å². The van der Waals surface area contributed by atoms with Crippen LogP contribution in [-0.2, 0) is 0 Å². The third-order valence-electron chi connectivity index (χ3n) is 2.58. The molecule has 2 aromatic carbocycles. The quantitative estimate of drug-likeness (QED) is 0.767. The average molecular weight is 402 g/mol.